The van der Waals surface area contributed by atoms with E-state index in [-0.39, 0.29) is 23.1 Å². The quantitative estimate of drug-likeness (QED) is 0.795. The maximum atomic E-state index is 11.9. The molecule has 0 aliphatic rings. The monoisotopic (exact) mass is 274 g/mol. The summed E-state index contributed by atoms with van der Waals surface area (Å²) in [5, 5.41) is -0.435. The van der Waals surface area contributed by atoms with Gasteiger partial charge in [0, 0.05) is 13.0 Å². The lowest BCUT2D eigenvalue weighted by Gasteiger charge is -2.08. The maximum absolute atomic E-state index is 11.9. The van der Waals surface area contributed by atoms with Gasteiger partial charge in [-0.2, -0.15) is 13.2 Å². The zero-order valence-corrected chi connectivity index (χ0v) is 9.40. The first-order chi connectivity index (χ1) is 7.31. The molecule has 0 radical (unpaired) electrons. The van der Waals surface area contributed by atoms with Crippen LogP contribution in [0, 0.1) is 0 Å². The lowest BCUT2D eigenvalue weighted by Crippen LogP contribution is -2.22. The van der Waals surface area contributed by atoms with Crippen LogP contribution in [0.1, 0.15) is 12.8 Å². The van der Waals surface area contributed by atoms with Crippen LogP contribution in [0.3, 0.4) is 0 Å². The number of aromatic nitrogens is 2. The summed E-state index contributed by atoms with van der Waals surface area (Å²) >= 11 is 11.0. The van der Waals surface area contributed by atoms with Gasteiger partial charge in [0.25, 0.3) is 5.56 Å². The topological polar surface area (TPSA) is 34.9 Å². The van der Waals surface area contributed by atoms with E-state index in [1.54, 1.807) is 0 Å². The molecule has 0 unspecified atom stereocenters. The minimum atomic E-state index is -4.23. The first-order valence-electron chi connectivity index (χ1n) is 4.28. The zero-order valence-electron chi connectivity index (χ0n) is 7.89. The normalized spacial score (nSPS) is 11.8. The van der Waals surface area contributed by atoms with E-state index in [4.69, 9.17) is 23.2 Å². The standard InChI is InChI=1S/C8H7Cl2F3N2O/c9-5-6(10)14-4-15(7(5)16)3-1-2-8(11,12)13/h4H,1-3H2. The van der Waals surface area contributed by atoms with Gasteiger partial charge in [-0.3, -0.25) is 9.36 Å². The van der Waals surface area contributed by atoms with Crippen molar-refractivity contribution in [2.24, 2.45) is 0 Å². The van der Waals surface area contributed by atoms with E-state index >= 15 is 0 Å². The number of aryl methyl sites for hydroxylation is 1. The molecule has 16 heavy (non-hydrogen) atoms. The summed E-state index contributed by atoms with van der Waals surface area (Å²) < 4.78 is 36.6. The average molecular weight is 275 g/mol. The van der Waals surface area contributed by atoms with Crippen LogP contribution in [0.15, 0.2) is 11.1 Å². The Bertz CT molecular complexity index is 430. The Labute approximate surface area is 98.8 Å². The Balaban J connectivity index is 2.69. The van der Waals surface area contributed by atoms with Gasteiger partial charge in [0.05, 0.1) is 6.33 Å². The lowest BCUT2D eigenvalue weighted by atomic mass is 10.3. The molecule has 0 aliphatic carbocycles. The van der Waals surface area contributed by atoms with Crippen LogP contribution < -0.4 is 5.56 Å². The molecule has 1 heterocycles. The SMILES string of the molecule is O=c1c(Cl)c(Cl)ncn1CCCC(F)(F)F. The van der Waals surface area contributed by atoms with Crippen LogP contribution in [-0.2, 0) is 6.54 Å². The van der Waals surface area contributed by atoms with Crippen molar-refractivity contribution in [2.45, 2.75) is 25.6 Å². The summed E-state index contributed by atoms with van der Waals surface area (Å²) in [7, 11) is 0. The van der Waals surface area contributed by atoms with Crippen molar-refractivity contribution in [2.75, 3.05) is 0 Å². The Morgan fingerprint density at radius 1 is 1.38 bits per heavy atom. The van der Waals surface area contributed by atoms with Gasteiger partial charge < -0.3 is 0 Å². The van der Waals surface area contributed by atoms with E-state index in [9.17, 15) is 18.0 Å². The summed E-state index contributed by atoms with van der Waals surface area (Å²) in [6.07, 6.45) is -4.32. The second-order valence-corrected chi connectivity index (χ2v) is 3.80. The third-order valence-corrected chi connectivity index (χ3v) is 2.52. The largest absolute Gasteiger partial charge is 0.389 e. The Morgan fingerprint density at radius 3 is 2.56 bits per heavy atom. The van der Waals surface area contributed by atoms with E-state index in [0.717, 1.165) is 10.9 Å². The fraction of sp³-hybridized carbons (Fsp3) is 0.500. The van der Waals surface area contributed by atoms with Crippen LogP contribution >= 0.6 is 23.2 Å². The molecule has 0 saturated carbocycles. The molecule has 0 aliphatic heterocycles. The van der Waals surface area contributed by atoms with Gasteiger partial charge in [0.2, 0.25) is 0 Å². The number of hydrogen-bond acceptors (Lipinski definition) is 2. The van der Waals surface area contributed by atoms with Gasteiger partial charge in [-0.25, -0.2) is 4.98 Å². The molecule has 1 aromatic rings. The van der Waals surface area contributed by atoms with E-state index in [2.05, 4.69) is 4.98 Å². The van der Waals surface area contributed by atoms with Gasteiger partial charge >= 0.3 is 6.18 Å². The number of rotatable bonds is 3. The van der Waals surface area contributed by atoms with Crippen molar-refractivity contribution < 1.29 is 13.2 Å². The molecule has 1 rings (SSSR count). The molecule has 0 aromatic carbocycles. The molecular weight excluding hydrogens is 268 g/mol. The minimum absolute atomic E-state index is 0.0950. The Kier molecular flexibility index (Phi) is 4.21. The molecule has 0 spiro atoms. The van der Waals surface area contributed by atoms with E-state index in [1.807, 2.05) is 0 Å². The Hall–Kier alpha value is -0.750. The number of nitrogens with zero attached hydrogens (tertiary/aromatic N) is 2. The van der Waals surface area contributed by atoms with Crippen molar-refractivity contribution >= 4 is 23.2 Å². The average Bonchev–Trinajstić information content (AvgIpc) is 2.16. The second-order valence-electron chi connectivity index (χ2n) is 3.07. The zero-order chi connectivity index (χ0) is 12.3. The molecule has 1 aromatic heterocycles. The number of halogens is 5. The molecule has 8 heteroatoms. The number of hydrogen-bond donors (Lipinski definition) is 0. The van der Waals surface area contributed by atoms with E-state index < -0.39 is 18.2 Å². The fourth-order valence-electron chi connectivity index (χ4n) is 1.05. The molecule has 0 fully saturated rings. The van der Waals surface area contributed by atoms with E-state index in [0.29, 0.717) is 0 Å². The van der Waals surface area contributed by atoms with Gasteiger partial charge in [-0.1, -0.05) is 23.2 Å². The van der Waals surface area contributed by atoms with Crippen molar-refractivity contribution in [3.05, 3.63) is 26.9 Å². The van der Waals surface area contributed by atoms with Gasteiger partial charge in [0.15, 0.2) is 5.15 Å². The molecule has 90 valence electrons. The lowest BCUT2D eigenvalue weighted by molar-refractivity contribution is -0.135. The first kappa shape index (κ1) is 13.3. The summed E-state index contributed by atoms with van der Waals surface area (Å²) in [4.78, 5) is 14.9. The van der Waals surface area contributed by atoms with Crippen LogP contribution in [0.4, 0.5) is 13.2 Å². The minimum Gasteiger partial charge on any atom is -0.298 e. The highest BCUT2D eigenvalue weighted by atomic mass is 35.5. The van der Waals surface area contributed by atoms with Gasteiger partial charge in [-0.15, -0.1) is 0 Å². The van der Waals surface area contributed by atoms with Crippen LogP contribution in [-0.4, -0.2) is 15.7 Å². The highest BCUT2D eigenvalue weighted by molar-refractivity contribution is 6.40. The highest BCUT2D eigenvalue weighted by Crippen LogP contribution is 2.21. The molecule has 0 atom stereocenters. The van der Waals surface area contributed by atoms with Crippen LogP contribution in [0.25, 0.3) is 0 Å². The predicted octanol–water partition coefficient (Wildman–Crippen LogP) is 2.89. The molecule has 3 nitrogen and oxygen atoms in total. The maximum Gasteiger partial charge on any atom is 0.389 e. The molecule has 0 N–H and O–H groups in total. The van der Waals surface area contributed by atoms with Crippen molar-refractivity contribution in [3.8, 4) is 0 Å². The van der Waals surface area contributed by atoms with Crippen molar-refractivity contribution in [1.82, 2.24) is 9.55 Å². The summed E-state index contributed by atoms with van der Waals surface area (Å²) in [5.41, 5.74) is -0.635. The third-order valence-electron chi connectivity index (χ3n) is 1.80. The number of alkyl halides is 3. The predicted molar refractivity (Wildman–Crippen MR) is 53.8 cm³/mol. The summed E-state index contributed by atoms with van der Waals surface area (Å²) in [6, 6.07) is 0. The smallest absolute Gasteiger partial charge is 0.298 e. The second kappa shape index (κ2) is 5.05. The third kappa shape index (κ3) is 3.68. The molecule has 0 bridgehead atoms. The van der Waals surface area contributed by atoms with Gasteiger partial charge in [-0.05, 0) is 6.42 Å². The fourth-order valence-corrected chi connectivity index (χ4v) is 1.33. The summed E-state index contributed by atoms with van der Waals surface area (Å²) in [6.45, 7) is -0.0950. The van der Waals surface area contributed by atoms with E-state index in [1.165, 1.54) is 0 Å². The summed E-state index contributed by atoms with van der Waals surface area (Å²) in [5.74, 6) is 0. The first-order valence-corrected chi connectivity index (χ1v) is 5.04. The Morgan fingerprint density at radius 2 is 2.00 bits per heavy atom. The molecule has 0 saturated heterocycles. The highest BCUT2D eigenvalue weighted by Gasteiger charge is 2.26. The van der Waals surface area contributed by atoms with Gasteiger partial charge in [0.1, 0.15) is 5.02 Å². The van der Waals surface area contributed by atoms with Crippen LogP contribution in [0.2, 0.25) is 10.2 Å². The van der Waals surface area contributed by atoms with Crippen molar-refractivity contribution in [3.63, 3.8) is 0 Å². The molecular formula is C8H7Cl2F3N2O. The molecule has 0 amide bonds. The van der Waals surface area contributed by atoms with Crippen molar-refractivity contribution in [1.29, 1.82) is 0 Å². The van der Waals surface area contributed by atoms with Crippen LogP contribution in [0.5, 0.6) is 0 Å².